The van der Waals surface area contributed by atoms with E-state index >= 15 is 0 Å². The molecule has 0 amide bonds. The Hall–Kier alpha value is -1.81. The summed E-state index contributed by atoms with van der Waals surface area (Å²) >= 11 is 5.07. The van der Waals surface area contributed by atoms with E-state index in [4.69, 9.17) is 33.2 Å². The highest BCUT2D eigenvalue weighted by molar-refractivity contribution is 7.80. The highest BCUT2D eigenvalue weighted by atomic mass is 32.1. The van der Waals surface area contributed by atoms with Gasteiger partial charge in [-0.1, -0.05) is 12.2 Å². The lowest BCUT2D eigenvalue weighted by atomic mass is 10.2. The Kier molecular flexibility index (Phi) is 3.96. The topological polar surface area (TPSA) is 121 Å². The van der Waals surface area contributed by atoms with Crippen molar-refractivity contribution in [3.8, 4) is 0 Å². The fourth-order valence-corrected chi connectivity index (χ4v) is 2.87. The van der Waals surface area contributed by atoms with Gasteiger partial charge in [0.2, 0.25) is 0 Å². The van der Waals surface area contributed by atoms with Crippen molar-refractivity contribution in [3.63, 3.8) is 0 Å². The second-order valence-corrected chi connectivity index (χ2v) is 5.60. The minimum absolute atomic E-state index is 0.206. The van der Waals surface area contributed by atoms with E-state index in [-0.39, 0.29) is 11.1 Å². The van der Waals surface area contributed by atoms with Gasteiger partial charge in [0.05, 0.1) is 18.1 Å². The normalized spacial score (nSPS) is 24.9. The summed E-state index contributed by atoms with van der Waals surface area (Å²) in [5.74, 6) is 0.304. The number of anilines is 1. The van der Waals surface area contributed by atoms with Crippen LogP contribution < -0.4 is 11.5 Å². The maximum absolute atomic E-state index is 10.1. The molecule has 3 heterocycles. The minimum Gasteiger partial charge on any atom is -0.390 e. The molecule has 1 saturated heterocycles. The minimum atomic E-state index is -0.616. The number of ether oxygens (including phenoxy) is 2. The van der Waals surface area contributed by atoms with E-state index in [1.165, 1.54) is 6.33 Å². The molecule has 2 aromatic heterocycles. The second-order valence-electron chi connectivity index (χ2n) is 5.16. The van der Waals surface area contributed by atoms with Crippen molar-refractivity contribution >= 4 is 34.1 Å². The summed E-state index contributed by atoms with van der Waals surface area (Å²) in [6.45, 7) is 0.316. The number of nitrogens with zero attached hydrogens (tertiary/aromatic N) is 3. The largest absolute Gasteiger partial charge is 0.390 e. The van der Waals surface area contributed by atoms with Gasteiger partial charge in [0.1, 0.15) is 35.1 Å². The Morgan fingerprint density at radius 2 is 2.36 bits per heavy atom. The number of aliphatic hydroxyl groups is 1. The van der Waals surface area contributed by atoms with Gasteiger partial charge in [-0.25, -0.2) is 9.97 Å². The van der Waals surface area contributed by atoms with Gasteiger partial charge in [0.25, 0.3) is 0 Å². The lowest BCUT2D eigenvalue weighted by Crippen LogP contribution is -2.25. The van der Waals surface area contributed by atoms with Crippen LogP contribution in [0.2, 0.25) is 0 Å². The molecule has 9 heteroatoms. The van der Waals surface area contributed by atoms with Crippen molar-refractivity contribution in [1.29, 1.82) is 0 Å². The van der Waals surface area contributed by atoms with Crippen LogP contribution >= 0.6 is 12.2 Å². The van der Waals surface area contributed by atoms with Crippen LogP contribution in [0.3, 0.4) is 0 Å². The van der Waals surface area contributed by atoms with Crippen molar-refractivity contribution in [1.82, 2.24) is 14.5 Å². The fraction of sp³-hybridized carbons (Fsp3) is 0.462. The molecule has 1 aliphatic rings. The van der Waals surface area contributed by atoms with Gasteiger partial charge in [0, 0.05) is 25.3 Å². The van der Waals surface area contributed by atoms with Gasteiger partial charge in [0.15, 0.2) is 0 Å². The summed E-state index contributed by atoms with van der Waals surface area (Å²) in [5, 5.41) is 10.7. The van der Waals surface area contributed by atoms with E-state index in [0.717, 1.165) is 0 Å². The van der Waals surface area contributed by atoms with Crippen molar-refractivity contribution in [3.05, 3.63) is 18.1 Å². The predicted molar refractivity (Wildman–Crippen MR) is 84.2 cm³/mol. The summed E-state index contributed by atoms with van der Waals surface area (Å²) in [5.41, 5.74) is 12.8. The van der Waals surface area contributed by atoms with Crippen molar-refractivity contribution in [2.75, 3.05) is 19.5 Å². The number of rotatable bonds is 4. The molecule has 5 N–H and O–H groups in total. The number of nitrogens with two attached hydrogens (primary N) is 2. The lowest BCUT2D eigenvalue weighted by Gasteiger charge is -2.15. The standard InChI is InChI=1S/C13H17N5O3S/c1-20-4-8-7(19)2-9(21-8)18-3-6(12(15)22)10-11(14)16-5-17-13(10)18/h3,5,7-9,19H,2,4H2,1H3,(H2,15,22)(H2,14,16,17). The molecule has 0 bridgehead atoms. The Morgan fingerprint density at radius 1 is 1.59 bits per heavy atom. The first kappa shape index (κ1) is 15.1. The quantitative estimate of drug-likeness (QED) is 0.669. The van der Waals surface area contributed by atoms with Crippen LogP contribution in [0, 0.1) is 0 Å². The highest BCUT2D eigenvalue weighted by Crippen LogP contribution is 2.34. The van der Waals surface area contributed by atoms with Crippen LogP contribution in [0.1, 0.15) is 18.2 Å². The summed E-state index contributed by atoms with van der Waals surface area (Å²) < 4.78 is 12.7. The third-order valence-corrected chi connectivity index (χ3v) is 3.97. The van der Waals surface area contributed by atoms with E-state index in [0.29, 0.717) is 35.4 Å². The average Bonchev–Trinajstić information content (AvgIpc) is 3.02. The summed E-state index contributed by atoms with van der Waals surface area (Å²) in [6, 6.07) is 0. The molecule has 3 unspecified atom stereocenters. The summed E-state index contributed by atoms with van der Waals surface area (Å²) in [7, 11) is 1.56. The Balaban J connectivity index is 2.05. The van der Waals surface area contributed by atoms with Crippen molar-refractivity contribution < 1.29 is 14.6 Å². The van der Waals surface area contributed by atoms with E-state index in [1.807, 2.05) is 0 Å². The SMILES string of the molecule is COCC1OC(n2cc(C(N)=S)c3c(N)ncnc32)CC1O. The van der Waals surface area contributed by atoms with Crippen LogP contribution in [0.4, 0.5) is 5.82 Å². The number of methoxy groups -OCH3 is 1. The lowest BCUT2D eigenvalue weighted by molar-refractivity contribution is -0.0521. The molecular formula is C13H17N5O3S. The third kappa shape index (κ3) is 2.41. The van der Waals surface area contributed by atoms with Crippen LogP contribution in [0.25, 0.3) is 11.0 Å². The van der Waals surface area contributed by atoms with Crippen LogP contribution in [0.5, 0.6) is 0 Å². The zero-order valence-electron chi connectivity index (χ0n) is 12.0. The second kappa shape index (κ2) is 5.76. The molecule has 0 spiro atoms. The monoisotopic (exact) mass is 323 g/mol. The van der Waals surface area contributed by atoms with Gasteiger partial charge in [-0.2, -0.15) is 0 Å². The van der Waals surface area contributed by atoms with E-state index in [1.54, 1.807) is 17.9 Å². The Labute approximate surface area is 132 Å². The number of aliphatic hydroxyl groups excluding tert-OH is 1. The number of hydrogen-bond donors (Lipinski definition) is 3. The maximum Gasteiger partial charge on any atom is 0.148 e. The number of hydrogen-bond acceptors (Lipinski definition) is 7. The van der Waals surface area contributed by atoms with E-state index < -0.39 is 12.3 Å². The molecule has 8 nitrogen and oxygen atoms in total. The Morgan fingerprint density at radius 3 is 3.05 bits per heavy atom. The molecule has 0 radical (unpaired) electrons. The first-order chi connectivity index (χ1) is 10.5. The molecule has 1 aliphatic heterocycles. The molecule has 0 saturated carbocycles. The van der Waals surface area contributed by atoms with Gasteiger partial charge < -0.3 is 30.6 Å². The molecule has 3 rings (SSSR count). The Bertz CT molecular complexity index is 719. The predicted octanol–water partition coefficient (Wildman–Crippen LogP) is -0.0575. The van der Waals surface area contributed by atoms with Gasteiger partial charge in [-0.15, -0.1) is 0 Å². The van der Waals surface area contributed by atoms with E-state index in [2.05, 4.69) is 9.97 Å². The first-order valence-corrected chi connectivity index (χ1v) is 7.17. The molecule has 0 aliphatic carbocycles. The zero-order valence-corrected chi connectivity index (χ0v) is 12.8. The molecular weight excluding hydrogens is 306 g/mol. The summed E-state index contributed by atoms with van der Waals surface area (Å²) in [4.78, 5) is 8.43. The molecule has 1 fully saturated rings. The molecule has 118 valence electrons. The maximum atomic E-state index is 10.1. The highest BCUT2D eigenvalue weighted by Gasteiger charge is 2.36. The van der Waals surface area contributed by atoms with Crippen LogP contribution in [-0.4, -0.2) is 50.6 Å². The van der Waals surface area contributed by atoms with Crippen LogP contribution in [0.15, 0.2) is 12.5 Å². The number of thiocarbonyl (C=S) groups is 1. The zero-order chi connectivity index (χ0) is 15.9. The molecule has 2 aromatic rings. The number of aromatic nitrogens is 3. The first-order valence-electron chi connectivity index (χ1n) is 6.76. The number of nitrogen functional groups attached to an aromatic ring is 1. The van der Waals surface area contributed by atoms with Gasteiger partial charge >= 0.3 is 0 Å². The van der Waals surface area contributed by atoms with Crippen LogP contribution in [-0.2, 0) is 9.47 Å². The number of fused-ring (bicyclic) bond motifs is 1. The average molecular weight is 323 g/mol. The third-order valence-electron chi connectivity index (χ3n) is 3.75. The van der Waals surface area contributed by atoms with Gasteiger partial charge in [-0.3, -0.25) is 0 Å². The van der Waals surface area contributed by atoms with Crippen molar-refractivity contribution in [2.24, 2.45) is 5.73 Å². The summed E-state index contributed by atoms with van der Waals surface area (Å²) in [6.07, 6.45) is 2.13. The van der Waals surface area contributed by atoms with Crippen molar-refractivity contribution in [2.45, 2.75) is 24.9 Å². The molecule has 0 aromatic carbocycles. The van der Waals surface area contributed by atoms with Gasteiger partial charge in [-0.05, 0) is 0 Å². The molecule has 3 atom stereocenters. The smallest absolute Gasteiger partial charge is 0.148 e. The molecule has 22 heavy (non-hydrogen) atoms. The fourth-order valence-electron chi connectivity index (χ4n) is 2.71. The van der Waals surface area contributed by atoms with E-state index in [9.17, 15) is 5.11 Å².